The molecule has 0 spiro atoms. The first-order valence-corrected chi connectivity index (χ1v) is 6.55. The largest absolute Gasteiger partial charge is 0.469 e. The van der Waals surface area contributed by atoms with Gasteiger partial charge in [0, 0.05) is 18.2 Å². The topological polar surface area (TPSA) is 59.8 Å². The van der Waals surface area contributed by atoms with Gasteiger partial charge in [0.2, 0.25) is 0 Å². The maximum atomic E-state index is 12.4. The average Bonchev–Trinajstić information content (AvgIpc) is 2.84. The van der Waals surface area contributed by atoms with E-state index in [0.29, 0.717) is 12.3 Å². The number of esters is 1. The van der Waals surface area contributed by atoms with Crippen molar-refractivity contribution in [1.29, 1.82) is 0 Å². The van der Waals surface area contributed by atoms with Crippen LogP contribution in [0.4, 0.5) is 0 Å². The summed E-state index contributed by atoms with van der Waals surface area (Å²) in [6, 6.07) is 1.69. The van der Waals surface area contributed by atoms with Gasteiger partial charge in [-0.3, -0.25) is 9.59 Å². The first-order valence-electron chi connectivity index (χ1n) is 6.55. The summed E-state index contributed by atoms with van der Waals surface area (Å²) in [5, 5.41) is 0. The third-order valence-corrected chi connectivity index (χ3v) is 3.57. The molecule has 1 unspecified atom stereocenters. The number of carbonyl (C=O) groups excluding carboxylic acids is 2. The summed E-state index contributed by atoms with van der Waals surface area (Å²) in [6.45, 7) is 2.51. The van der Waals surface area contributed by atoms with Gasteiger partial charge < -0.3 is 14.1 Å². The molecule has 1 aliphatic rings. The Morgan fingerprint density at radius 2 is 2.26 bits per heavy atom. The molecule has 0 radical (unpaired) electrons. The molecule has 5 nitrogen and oxygen atoms in total. The zero-order valence-electron chi connectivity index (χ0n) is 11.3. The monoisotopic (exact) mass is 265 g/mol. The Morgan fingerprint density at radius 3 is 2.89 bits per heavy atom. The number of hydrogen-bond acceptors (Lipinski definition) is 4. The fourth-order valence-electron chi connectivity index (χ4n) is 2.48. The van der Waals surface area contributed by atoms with Crippen molar-refractivity contribution in [2.75, 3.05) is 13.7 Å². The number of aryl methyl sites for hydroxylation is 1. The maximum Gasteiger partial charge on any atom is 0.307 e. The highest BCUT2D eigenvalue weighted by Crippen LogP contribution is 2.23. The molecule has 104 valence electrons. The number of rotatable bonds is 3. The van der Waals surface area contributed by atoms with E-state index >= 15 is 0 Å². The predicted molar refractivity (Wildman–Crippen MR) is 68.8 cm³/mol. The zero-order chi connectivity index (χ0) is 13.8. The Morgan fingerprint density at radius 1 is 1.47 bits per heavy atom. The number of amides is 1. The lowest BCUT2D eigenvalue weighted by Gasteiger charge is -2.34. The molecule has 1 aromatic rings. The molecule has 0 bridgehead atoms. The lowest BCUT2D eigenvalue weighted by molar-refractivity contribution is -0.142. The van der Waals surface area contributed by atoms with Crippen LogP contribution in [0.15, 0.2) is 16.7 Å². The molecule has 2 heterocycles. The van der Waals surface area contributed by atoms with Crippen molar-refractivity contribution in [3.8, 4) is 0 Å². The SMILES string of the molecule is COC(=O)CC1CCCCN1C(=O)c1occc1C. The summed E-state index contributed by atoms with van der Waals surface area (Å²) in [7, 11) is 1.37. The Balaban J connectivity index is 2.13. The summed E-state index contributed by atoms with van der Waals surface area (Å²) in [5.74, 6) is -0.0336. The molecule has 0 aliphatic carbocycles. The van der Waals surface area contributed by atoms with Crippen LogP contribution in [-0.4, -0.2) is 36.5 Å². The van der Waals surface area contributed by atoms with Gasteiger partial charge in [0.1, 0.15) is 0 Å². The standard InChI is InChI=1S/C14H19NO4/c1-10-6-8-19-13(10)14(17)15-7-4-3-5-11(15)9-12(16)18-2/h6,8,11H,3-5,7,9H2,1-2H3. The Bertz CT molecular complexity index is 466. The summed E-state index contributed by atoms with van der Waals surface area (Å²) < 4.78 is 9.95. The highest BCUT2D eigenvalue weighted by molar-refractivity contribution is 5.93. The van der Waals surface area contributed by atoms with Crippen LogP contribution >= 0.6 is 0 Å². The van der Waals surface area contributed by atoms with Gasteiger partial charge >= 0.3 is 5.97 Å². The second-order valence-electron chi connectivity index (χ2n) is 4.86. The normalized spacial score (nSPS) is 19.3. The smallest absolute Gasteiger partial charge is 0.307 e. The molecule has 1 aliphatic heterocycles. The number of furan rings is 1. The minimum atomic E-state index is -0.277. The molecule has 1 saturated heterocycles. The number of likely N-dealkylation sites (tertiary alicyclic amines) is 1. The molecule has 1 atom stereocenters. The van der Waals surface area contributed by atoms with Crippen LogP contribution in [-0.2, 0) is 9.53 Å². The lowest BCUT2D eigenvalue weighted by atomic mass is 9.98. The third-order valence-electron chi connectivity index (χ3n) is 3.57. The van der Waals surface area contributed by atoms with E-state index < -0.39 is 0 Å². The van der Waals surface area contributed by atoms with Crippen molar-refractivity contribution < 1.29 is 18.7 Å². The van der Waals surface area contributed by atoms with Crippen molar-refractivity contribution in [2.24, 2.45) is 0 Å². The predicted octanol–water partition coefficient (Wildman–Crippen LogP) is 2.15. The molecule has 0 N–H and O–H groups in total. The number of methoxy groups -OCH3 is 1. The summed E-state index contributed by atoms with van der Waals surface area (Å²) >= 11 is 0. The lowest BCUT2D eigenvalue weighted by Crippen LogP contribution is -2.45. The summed E-state index contributed by atoms with van der Waals surface area (Å²) in [4.78, 5) is 25.6. The van der Waals surface area contributed by atoms with E-state index in [9.17, 15) is 9.59 Å². The fourth-order valence-corrected chi connectivity index (χ4v) is 2.48. The Hall–Kier alpha value is -1.78. The highest BCUT2D eigenvalue weighted by atomic mass is 16.5. The van der Waals surface area contributed by atoms with Gasteiger partial charge in [-0.05, 0) is 32.3 Å². The minimum absolute atomic E-state index is 0.0850. The van der Waals surface area contributed by atoms with Crippen LogP contribution in [0.2, 0.25) is 0 Å². The molecule has 0 aromatic carbocycles. The van der Waals surface area contributed by atoms with Crippen molar-refractivity contribution in [3.63, 3.8) is 0 Å². The number of ether oxygens (including phenoxy) is 1. The Labute approximate surface area is 112 Å². The molecule has 5 heteroatoms. The minimum Gasteiger partial charge on any atom is -0.469 e. The van der Waals surface area contributed by atoms with E-state index in [1.54, 1.807) is 11.0 Å². The molecule has 19 heavy (non-hydrogen) atoms. The molecule has 2 rings (SSSR count). The fraction of sp³-hybridized carbons (Fsp3) is 0.571. The zero-order valence-corrected chi connectivity index (χ0v) is 11.3. The van der Waals surface area contributed by atoms with Crippen molar-refractivity contribution in [1.82, 2.24) is 4.90 Å². The number of hydrogen-bond donors (Lipinski definition) is 0. The number of carbonyl (C=O) groups is 2. The summed E-state index contributed by atoms with van der Waals surface area (Å²) in [5.41, 5.74) is 0.826. The van der Waals surface area contributed by atoms with E-state index in [4.69, 9.17) is 9.15 Å². The molecule has 0 saturated carbocycles. The van der Waals surface area contributed by atoms with Crippen LogP contribution in [0.1, 0.15) is 41.8 Å². The van der Waals surface area contributed by atoms with Gasteiger partial charge in [-0.15, -0.1) is 0 Å². The van der Waals surface area contributed by atoms with Gasteiger partial charge in [0.05, 0.1) is 19.8 Å². The maximum absolute atomic E-state index is 12.4. The van der Waals surface area contributed by atoms with E-state index in [0.717, 1.165) is 24.8 Å². The molecular formula is C14H19NO4. The van der Waals surface area contributed by atoms with Crippen molar-refractivity contribution >= 4 is 11.9 Å². The highest BCUT2D eigenvalue weighted by Gasteiger charge is 2.31. The molecule has 1 aromatic heterocycles. The van der Waals surface area contributed by atoms with Gasteiger partial charge in [0.15, 0.2) is 5.76 Å². The first kappa shape index (κ1) is 13.6. The van der Waals surface area contributed by atoms with E-state index in [-0.39, 0.29) is 24.3 Å². The first-order chi connectivity index (χ1) is 9.13. The average molecular weight is 265 g/mol. The van der Waals surface area contributed by atoms with Crippen LogP contribution in [0.25, 0.3) is 0 Å². The van der Waals surface area contributed by atoms with Gasteiger partial charge in [-0.1, -0.05) is 0 Å². The van der Waals surface area contributed by atoms with Crippen LogP contribution in [0.5, 0.6) is 0 Å². The molecular weight excluding hydrogens is 246 g/mol. The second-order valence-corrected chi connectivity index (χ2v) is 4.86. The third kappa shape index (κ3) is 2.97. The van der Waals surface area contributed by atoms with Gasteiger partial charge in [-0.25, -0.2) is 0 Å². The van der Waals surface area contributed by atoms with Gasteiger partial charge in [0.25, 0.3) is 5.91 Å². The quantitative estimate of drug-likeness (QED) is 0.786. The van der Waals surface area contributed by atoms with Crippen molar-refractivity contribution in [2.45, 2.75) is 38.6 Å². The van der Waals surface area contributed by atoms with E-state index in [1.807, 2.05) is 6.92 Å². The van der Waals surface area contributed by atoms with E-state index in [2.05, 4.69) is 0 Å². The number of nitrogens with zero attached hydrogens (tertiary/aromatic N) is 1. The molecule has 1 amide bonds. The van der Waals surface area contributed by atoms with Crippen molar-refractivity contribution in [3.05, 3.63) is 23.7 Å². The Kier molecular flexibility index (Phi) is 4.24. The number of piperidine rings is 1. The second kappa shape index (κ2) is 5.91. The summed E-state index contributed by atoms with van der Waals surface area (Å²) in [6.07, 6.45) is 4.59. The van der Waals surface area contributed by atoms with Gasteiger partial charge in [-0.2, -0.15) is 0 Å². The van der Waals surface area contributed by atoms with Crippen LogP contribution in [0, 0.1) is 6.92 Å². The molecule has 1 fully saturated rings. The van der Waals surface area contributed by atoms with E-state index in [1.165, 1.54) is 13.4 Å². The van der Waals surface area contributed by atoms with Crippen LogP contribution in [0.3, 0.4) is 0 Å². The van der Waals surface area contributed by atoms with Crippen LogP contribution < -0.4 is 0 Å².